The van der Waals surface area contributed by atoms with E-state index in [4.69, 9.17) is 11.6 Å². The maximum Gasteiger partial charge on any atom is 0.350 e. The van der Waals surface area contributed by atoms with Crippen molar-refractivity contribution in [1.29, 1.82) is 0 Å². The molecular weight excluding hydrogens is 202 g/mol. The highest BCUT2D eigenvalue weighted by molar-refractivity contribution is 6.29. The van der Waals surface area contributed by atoms with Crippen LogP contribution in [0.1, 0.15) is 13.8 Å². The van der Waals surface area contributed by atoms with E-state index in [1.54, 1.807) is 10.6 Å². The van der Waals surface area contributed by atoms with Gasteiger partial charge >= 0.3 is 5.69 Å². The van der Waals surface area contributed by atoms with Crippen molar-refractivity contribution in [1.82, 2.24) is 9.55 Å². The monoisotopic (exact) mass is 213 g/mol. The standard InChI is InChI=1S/C9H12ClN3O/c1-3-12-6(2)5-13-8(12)4-7(10)11-9(13)14/h4,6H,3,5H2,1-2H3/t6-/m0/s1. The molecule has 0 radical (unpaired) electrons. The van der Waals surface area contributed by atoms with Crippen molar-refractivity contribution in [2.24, 2.45) is 0 Å². The second-order valence-corrected chi connectivity index (χ2v) is 3.85. The first kappa shape index (κ1) is 9.52. The maximum atomic E-state index is 11.5. The highest BCUT2D eigenvalue weighted by Gasteiger charge is 2.26. The predicted molar refractivity (Wildman–Crippen MR) is 56.0 cm³/mol. The summed E-state index contributed by atoms with van der Waals surface area (Å²) in [7, 11) is 0. The zero-order valence-corrected chi connectivity index (χ0v) is 8.95. The predicted octanol–water partition coefficient (Wildman–Crippen LogP) is 1.13. The Morgan fingerprint density at radius 3 is 3.07 bits per heavy atom. The van der Waals surface area contributed by atoms with Gasteiger partial charge in [0.25, 0.3) is 0 Å². The molecule has 1 aliphatic rings. The third-order valence-corrected chi connectivity index (χ3v) is 2.77. The molecule has 0 saturated heterocycles. The van der Waals surface area contributed by atoms with Gasteiger partial charge in [0.1, 0.15) is 11.0 Å². The van der Waals surface area contributed by atoms with Crippen molar-refractivity contribution < 1.29 is 0 Å². The van der Waals surface area contributed by atoms with Crippen molar-refractivity contribution in [2.45, 2.75) is 26.4 Å². The van der Waals surface area contributed by atoms with E-state index >= 15 is 0 Å². The minimum atomic E-state index is -0.254. The van der Waals surface area contributed by atoms with Gasteiger partial charge in [-0.05, 0) is 13.8 Å². The van der Waals surface area contributed by atoms with E-state index < -0.39 is 0 Å². The van der Waals surface area contributed by atoms with Gasteiger partial charge in [0.05, 0.1) is 0 Å². The molecule has 5 heteroatoms. The molecule has 1 aliphatic heterocycles. The quantitative estimate of drug-likeness (QED) is 0.657. The highest BCUT2D eigenvalue weighted by atomic mass is 35.5. The lowest BCUT2D eigenvalue weighted by Crippen LogP contribution is -2.28. The third-order valence-electron chi connectivity index (χ3n) is 2.57. The molecule has 76 valence electrons. The molecule has 1 aromatic heterocycles. The molecule has 0 aromatic carbocycles. The summed E-state index contributed by atoms with van der Waals surface area (Å²) in [6.07, 6.45) is 0. The Labute approximate surface area is 87.1 Å². The lowest BCUT2D eigenvalue weighted by atomic mass is 10.3. The molecule has 0 N–H and O–H groups in total. The van der Waals surface area contributed by atoms with Gasteiger partial charge in [-0.3, -0.25) is 4.57 Å². The van der Waals surface area contributed by atoms with Crippen LogP contribution >= 0.6 is 11.6 Å². The van der Waals surface area contributed by atoms with Gasteiger partial charge in [0, 0.05) is 25.2 Å². The molecule has 1 aromatic rings. The molecule has 0 aliphatic carbocycles. The van der Waals surface area contributed by atoms with Crippen molar-refractivity contribution >= 4 is 17.4 Å². The van der Waals surface area contributed by atoms with Crippen LogP contribution < -0.4 is 10.6 Å². The normalized spacial score (nSPS) is 19.9. The average Bonchev–Trinajstić information content (AvgIpc) is 2.41. The second kappa shape index (κ2) is 3.28. The van der Waals surface area contributed by atoms with E-state index in [0.717, 1.165) is 12.4 Å². The number of rotatable bonds is 1. The van der Waals surface area contributed by atoms with Gasteiger partial charge in [-0.2, -0.15) is 4.98 Å². The Balaban J connectivity index is 2.58. The van der Waals surface area contributed by atoms with Crippen molar-refractivity contribution in [3.8, 4) is 0 Å². The first-order chi connectivity index (χ1) is 6.63. The summed E-state index contributed by atoms with van der Waals surface area (Å²) in [6.45, 7) is 5.72. The molecule has 2 heterocycles. The molecular formula is C9H12ClN3O. The SMILES string of the molecule is CCN1c2cc(Cl)nc(=O)n2C[C@@H]1C. The summed E-state index contributed by atoms with van der Waals surface area (Å²) < 4.78 is 1.67. The van der Waals surface area contributed by atoms with Crippen molar-refractivity contribution in [3.05, 3.63) is 21.7 Å². The van der Waals surface area contributed by atoms with E-state index in [-0.39, 0.29) is 10.8 Å². The zero-order chi connectivity index (χ0) is 10.3. The highest BCUT2D eigenvalue weighted by Crippen LogP contribution is 2.24. The fraction of sp³-hybridized carbons (Fsp3) is 0.556. The molecule has 0 amide bonds. The summed E-state index contributed by atoms with van der Waals surface area (Å²) in [5, 5.41) is 0.272. The summed E-state index contributed by atoms with van der Waals surface area (Å²) in [5.41, 5.74) is -0.254. The van der Waals surface area contributed by atoms with Gasteiger partial charge in [-0.25, -0.2) is 4.79 Å². The molecule has 0 spiro atoms. The molecule has 0 fully saturated rings. The number of aromatic nitrogens is 2. The number of fused-ring (bicyclic) bond motifs is 1. The van der Waals surface area contributed by atoms with Crippen LogP contribution in [0.5, 0.6) is 0 Å². The minimum Gasteiger partial charge on any atom is -0.354 e. The van der Waals surface area contributed by atoms with Crippen LogP contribution in [0.15, 0.2) is 10.9 Å². The lowest BCUT2D eigenvalue weighted by molar-refractivity contribution is 0.617. The van der Waals surface area contributed by atoms with Crippen LogP contribution in [-0.4, -0.2) is 22.1 Å². The summed E-state index contributed by atoms with van der Waals surface area (Å²) in [4.78, 5) is 17.3. The van der Waals surface area contributed by atoms with Crippen molar-refractivity contribution in [2.75, 3.05) is 11.4 Å². The Morgan fingerprint density at radius 1 is 1.71 bits per heavy atom. The minimum absolute atomic E-state index is 0.254. The van der Waals surface area contributed by atoms with Gasteiger partial charge in [-0.1, -0.05) is 11.6 Å². The lowest BCUT2D eigenvalue weighted by Gasteiger charge is -2.20. The summed E-state index contributed by atoms with van der Waals surface area (Å²) in [6, 6.07) is 2.09. The van der Waals surface area contributed by atoms with E-state index in [0.29, 0.717) is 12.6 Å². The van der Waals surface area contributed by atoms with Crippen LogP contribution in [0, 0.1) is 0 Å². The van der Waals surface area contributed by atoms with Crippen LogP contribution in [0.3, 0.4) is 0 Å². The number of hydrogen-bond acceptors (Lipinski definition) is 3. The molecule has 4 nitrogen and oxygen atoms in total. The van der Waals surface area contributed by atoms with E-state index in [9.17, 15) is 4.79 Å². The fourth-order valence-corrected chi connectivity index (χ4v) is 2.11. The second-order valence-electron chi connectivity index (χ2n) is 3.47. The molecule has 0 unspecified atom stereocenters. The van der Waals surface area contributed by atoms with E-state index in [1.165, 1.54) is 0 Å². The largest absolute Gasteiger partial charge is 0.354 e. The maximum absolute atomic E-state index is 11.5. The number of likely N-dealkylation sites (N-methyl/N-ethyl adjacent to an activating group) is 1. The first-order valence-electron chi connectivity index (χ1n) is 4.67. The van der Waals surface area contributed by atoms with Crippen molar-refractivity contribution in [3.63, 3.8) is 0 Å². The Hall–Kier alpha value is -1.03. The Bertz CT molecular complexity index is 415. The molecule has 2 rings (SSSR count). The third kappa shape index (κ3) is 1.30. The van der Waals surface area contributed by atoms with Crippen LogP contribution in [0.25, 0.3) is 0 Å². The van der Waals surface area contributed by atoms with E-state index in [1.807, 2.05) is 0 Å². The summed E-state index contributed by atoms with van der Waals surface area (Å²) in [5.74, 6) is 0.880. The molecule has 0 bridgehead atoms. The number of anilines is 1. The Kier molecular flexibility index (Phi) is 2.23. The zero-order valence-electron chi connectivity index (χ0n) is 8.20. The van der Waals surface area contributed by atoms with Gasteiger partial charge in [0.15, 0.2) is 0 Å². The average molecular weight is 214 g/mol. The topological polar surface area (TPSA) is 38.1 Å². The summed E-state index contributed by atoms with van der Waals surface area (Å²) >= 11 is 5.75. The van der Waals surface area contributed by atoms with Gasteiger partial charge in [-0.15, -0.1) is 0 Å². The van der Waals surface area contributed by atoms with Crippen LogP contribution in [0.2, 0.25) is 5.15 Å². The molecule has 14 heavy (non-hydrogen) atoms. The van der Waals surface area contributed by atoms with Crippen LogP contribution in [0.4, 0.5) is 5.82 Å². The smallest absolute Gasteiger partial charge is 0.350 e. The van der Waals surface area contributed by atoms with E-state index in [2.05, 4.69) is 23.7 Å². The molecule has 0 saturated carbocycles. The van der Waals surface area contributed by atoms with Gasteiger partial charge in [0.2, 0.25) is 0 Å². The number of hydrogen-bond donors (Lipinski definition) is 0. The number of halogens is 1. The first-order valence-corrected chi connectivity index (χ1v) is 5.05. The van der Waals surface area contributed by atoms with Crippen LogP contribution in [-0.2, 0) is 6.54 Å². The van der Waals surface area contributed by atoms with Gasteiger partial charge < -0.3 is 4.90 Å². The number of nitrogens with zero attached hydrogens (tertiary/aromatic N) is 3. The molecule has 1 atom stereocenters. The Morgan fingerprint density at radius 2 is 2.43 bits per heavy atom. The fourth-order valence-electron chi connectivity index (χ4n) is 1.94.